The standard InChI is InChI=1S/C21H44O3Si2/c1-12-13-18-14-17(15-22-25(8,9)20(2,3)4)19(24-18)16-23-26(10,11)21(5,6)7/h12,17-19H,1,13-16H2,2-11H3/t17-,18?,19-/m1/s1. The van der Waals surface area contributed by atoms with Gasteiger partial charge in [0, 0.05) is 12.5 Å². The first-order valence-electron chi connectivity index (χ1n) is 10.1. The van der Waals surface area contributed by atoms with E-state index in [9.17, 15) is 0 Å². The summed E-state index contributed by atoms with van der Waals surface area (Å²) in [5.41, 5.74) is 0. The SMILES string of the molecule is C=CCC1C[C@H](CO[Si](C)(C)C(C)(C)C)[C@@H](CO[Si](C)(C)C(C)(C)C)O1. The lowest BCUT2D eigenvalue weighted by Crippen LogP contribution is -2.45. The highest BCUT2D eigenvalue weighted by atomic mass is 28.4. The maximum absolute atomic E-state index is 6.52. The van der Waals surface area contributed by atoms with Crippen molar-refractivity contribution in [2.45, 2.75) is 103 Å². The Morgan fingerprint density at radius 3 is 1.81 bits per heavy atom. The highest BCUT2D eigenvalue weighted by Crippen LogP contribution is 2.40. The molecule has 3 atom stereocenters. The minimum atomic E-state index is -1.76. The van der Waals surface area contributed by atoms with E-state index in [-0.39, 0.29) is 22.3 Å². The van der Waals surface area contributed by atoms with Gasteiger partial charge in [-0.1, -0.05) is 47.6 Å². The van der Waals surface area contributed by atoms with E-state index in [1.807, 2.05) is 6.08 Å². The summed E-state index contributed by atoms with van der Waals surface area (Å²) >= 11 is 0. The molecule has 1 saturated heterocycles. The van der Waals surface area contributed by atoms with E-state index in [0.717, 1.165) is 19.4 Å². The van der Waals surface area contributed by atoms with Gasteiger partial charge in [0.2, 0.25) is 0 Å². The van der Waals surface area contributed by atoms with Crippen LogP contribution in [0.3, 0.4) is 0 Å². The molecule has 5 heteroatoms. The molecule has 0 aliphatic carbocycles. The van der Waals surface area contributed by atoms with Crippen LogP contribution < -0.4 is 0 Å². The summed E-state index contributed by atoms with van der Waals surface area (Å²) in [5, 5.41) is 0.458. The van der Waals surface area contributed by atoms with Gasteiger partial charge < -0.3 is 13.6 Å². The van der Waals surface area contributed by atoms with Crippen molar-refractivity contribution in [2.75, 3.05) is 13.2 Å². The van der Waals surface area contributed by atoms with Crippen LogP contribution in [0.2, 0.25) is 36.3 Å². The zero-order valence-electron chi connectivity index (χ0n) is 19.1. The third kappa shape index (κ3) is 6.30. The summed E-state index contributed by atoms with van der Waals surface area (Å²) in [6, 6.07) is 0. The fourth-order valence-electron chi connectivity index (χ4n) is 2.63. The van der Waals surface area contributed by atoms with E-state index in [0.29, 0.717) is 12.5 Å². The van der Waals surface area contributed by atoms with Crippen molar-refractivity contribution in [1.82, 2.24) is 0 Å². The molecule has 3 nitrogen and oxygen atoms in total. The Morgan fingerprint density at radius 2 is 1.38 bits per heavy atom. The summed E-state index contributed by atoms with van der Waals surface area (Å²) in [6.45, 7) is 28.4. The van der Waals surface area contributed by atoms with Crippen molar-refractivity contribution in [3.8, 4) is 0 Å². The quantitative estimate of drug-likeness (QED) is 0.349. The average molecular weight is 401 g/mol. The van der Waals surface area contributed by atoms with E-state index < -0.39 is 16.6 Å². The Kier molecular flexibility index (Phi) is 7.97. The number of hydrogen-bond acceptors (Lipinski definition) is 3. The Labute approximate surface area is 165 Å². The minimum absolute atomic E-state index is 0.138. The van der Waals surface area contributed by atoms with Gasteiger partial charge in [-0.3, -0.25) is 0 Å². The Morgan fingerprint density at radius 1 is 0.923 bits per heavy atom. The first kappa shape index (κ1) is 24.1. The van der Waals surface area contributed by atoms with E-state index in [4.69, 9.17) is 13.6 Å². The van der Waals surface area contributed by atoms with Crippen LogP contribution in [0.15, 0.2) is 12.7 Å². The number of ether oxygens (including phenoxy) is 1. The van der Waals surface area contributed by atoms with Gasteiger partial charge in [-0.15, -0.1) is 6.58 Å². The monoisotopic (exact) mass is 400 g/mol. The largest absolute Gasteiger partial charge is 0.416 e. The zero-order chi connectivity index (χ0) is 20.4. The summed E-state index contributed by atoms with van der Waals surface area (Å²) in [4.78, 5) is 0. The van der Waals surface area contributed by atoms with Gasteiger partial charge >= 0.3 is 0 Å². The predicted octanol–water partition coefficient (Wildman–Crippen LogP) is 6.38. The van der Waals surface area contributed by atoms with Crippen molar-refractivity contribution in [2.24, 2.45) is 5.92 Å². The fourth-order valence-corrected chi connectivity index (χ4v) is 4.71. The lowest BCUT2D eigenvalue weighted by Gasteiger charge is -2.38. The Hall–Kier alpha value is 0.0538. The first-order chi connectivity index (χ1) is 11.6. The molecule has 1 unspecified atom stereocenters. The van der Waals surface area contributed by atoms with Crippen LogP contribution in [-0.4, -0.2) is 42.1 Å². The van der Waals surface area contributed by atoms with Crippen molar-refractivity contribution >= 4 is 16.6 Å². The summed E-state index contributed by atoms with van der Waals surface area (Å²) in [5.74, 6) is 0.416. The summed E-state index contributed by atoms with van der Waals surface area (Å²) in [6.07, 6.45) is 4.32. The molecule has 0 saturated carbocycles. The van der Waals surface area contributed by atoms with Crippen LogP contribution in [0.5, 0.6) is 0 Å². The van der Waals surface area contributed by atoms with Gasteiger partial charge in [-0.25, -0.2) is 0 Å². The molecule has 0 aromatic carbocycles. The molecule has 0 amide bonds. The molecule has 0 bridgehead atoms. The van der Waals surface area contributed by atoms with Crippen LogP contribution in [0.4, 0.5) is 0 Å². The van der Waals surface area contributed by atoms with Crippen LogP contribution in [0, 0.1) is 5.92 Å². The number of hydrogen-bond donors (Lipinski definition) is 0. The second-order valence-electron chi connectivity index (χ2n) is 11.0. The molecule has 0 aromatic heterocycles. The van der Waals surface area contributed by atoms with E-state index in [2.05, 4.69) is 74.3 Å². The molecule has 1 aliphatic rings. The lowest BCUT2D eigenvalue weighted by atomic mass is 10.00. The fraction of sp³-hybridized carbons (Fsp3) is 0.905. The topological polar surface area (TPSA) is 27.7 Å². The van der Waals surface area contributed by atoms with Crippen molar-refractivity contribution in [3.05, 3.63) is 12.7 Å². The van der Waals surface area contributed by atoms with Crippen molar-refractivity contribution in [1.29, 1.82) is 0 Å². The molecule has 154 valence electrons. The zero-order valence-corrected chi connectivity index (χ0v) is 21.1. The molecular formula is C21H44O3Si2. The van der Waals surface area contributed by atoms with E-state index >= 15 is 0 Å². The second kappa shape index (κ2) is 8.60. The highest BCUT2D eigenvalue weighted by Gasteiger charge is 2.43. The van der Waals surface area contributed by atoms with Gasteiger partial charge in [-0.2, -0.15) is 0 Å². The Balaban J connectivity index is 2.75. The first-order valence-corrected chi connectivity index (χ1v) is 16.0. The molecule has 26 heavy (non-hydrogen) atoms. The van der Waals surface area contributed by atoms with Crippen LogP contribution >= 0.6 is 0 Å². The maximum atomic E-state index is 6.52. The van der Waals surface area contributed by atoms with Crippen molar-refractivity contribution < 1.29 is 13.6 Å². The third-order valence-electron chi connectivity index (χ3n) is 6.77. The summed E-state index contributed by atoms with van der Waals surface area (Å²) in [7, 11) is -3.50. The predicted molar refractivity (Wildman–Crippen MR) is 118 cm³/mol. The van der Waals surface area contributed by atoms with Crippen molar-refractivity contribution in [3.63, 3.8) is 0 Å². The molecule has 1 heterocycles. The second-order valence-corrected chi connectivity index (χ2v) is 20.6. The molecule has 1 aliphatic heterocycles. The lowest BCUT2D eigenvalue weighted by molar-refractivity contribution is -0.00200. The minimum Gasteiger partial charge on any atom is -0.416 e. The molecule has 0 spiro atoms. The molecule has 0 radical (unpaired) electrons. The highest BCUT2D eigenvalue weighted by molar-refractivity contribution is 6.74. The van der Waals surface area contributed by atoms with E-state index in [1.165, 1.54) is 0 Å². The molecule has 1 rings (SSSR count). The Bertz CT molecular complexity index is 423. The van der Waals surface area contributed by atoms with Crippen LogP contribution in [0.25, 0.3) is 0 Å². The van der Waals surface area contributed by atoms with Crippen LogP contribution in [-0.2, 0) is 13.6 Å². The molecule has 0 N–H and O–H groups in total. The average Bonchev–Trinajstić information content (AvgIpc) is 2.83. The van der Waals surface area contributed by atoms with Crippen LogP contribution in [0.1, 0.15) is 54.4 Å². The molecular weight excluding hydrogens is 356 g/mol. The normalized spacial score (nSPS) is 25.5. The molecule has 0 aromatic rings. The van der Waals surface area contributed by atoms with Gasteiger partial charge in [0.05, 0.1) is 18.8 Å². The van der Waals surface area contributed by atoms with Gasteiger partial charge in [0.15, 0.2) is 16.6 Å². The third-order valence-corrected chi connectivity index (χ3v) is 15.8. The smallest absolute Gasteiger partial charge is 0.192 e. The number of rotatable bonds is 8. The maximum Gasteiger partial charge on any atom is 0.192 e. The summed E-state index contributed by atoms with van der Waals surface area (Å²) < 4.78 is 19.3. The van der Waals surface area contributed by atoms with E-state index in [1.54, 1.807) is 0 Å². The van der Waals surface area contributed by atoms with Gasteiger partial charge in [-0.05, 0) is 49.1 Å². The van der Waals surface area contributed by atoms with Gasteiger partial charge in [0.1, 0.15) is 0 Å². The molecule has 1 fully saturated rings. The van der Waals surface area contributed by atoms with Gasteiger partial charge in [0.25, 0.3) is 0 Å².